The van der Waals surface area contributed by atoms with E-state index >= 15 is 0 Å². The molecule has 17 heavy (non-hydrogen) atoms. The molecule has 0 radical (unpaired) electrons. The first-order valence-electron chi connectivity index (χ1n) is 4.82. The maximum atomic E-state index is 12.5. The fraction of sp³-hybridized carbons (Fsp3) is 0.273. The third-order valence-corrected chi connectivity index (χ3v) is 2.34. The number of aryl methyl sites for hydroxylation is 1. The number of aromatic nitrogens is 2. The van der Waals surface area contributed by atoms with Gasteiger partial charge in [0.2, 0.25) is 5.82 Å². The van der Waals surface area contributed by atoms with E-state index in [2.05, 4.69) is 9.97 Å². The molecule has 0 amide bonds. The van der Waals surface area contributed by atoms with Crippen LogP contribution in [0.5, 0.6) is 5.75 Å². The summed E-state index contributed by atoms with van der Waals surface area (Å²) in [6.07, 6.45) is -4.54. The summed E-state index contributed by atoms with van der Waals surface area (Å²) in [4.78, 5) is 6.96. The molecule has 90 valence electrons. The van der Waals surface area contributed by atoms with E-state index in [9.17, 15) is 13.2 Å². The Labute approximate surface area is 95.3 Å². The van der Waals surface area contributed by atoms with Gasteiger partial charge in [-0.1, -0.05) is 6.07 Å². The van der Waals surface area contributed by atoms with Crippen LogP contribution in [-0.2, 0) is 6.18 Å². The topological polar surface area (TPSA) is 35.0 Å². The van der Waals surface area contributed by atoms with Gasteiger partial charge in [-0.15, -0.1) is 0 Å². The first-order valence-corrected chi connectivity index (χ1v) is 4.82. The normalized spacial score (nSPS) is 11.8. The summed E-state index contributed by atoms with van der Waals surface area (Å²) in [5.74, 6) is -0.663. The van der Waals surface area contributed by atoms with Crippen LogP contribution >= 0.6 is 0 Å². The summed E-state index contributed by atoms with van der Waals surface area (Å²) in [6, 6.07) is 4.75. The minimum atomic E-state index is -4.54. The number of ether oxygens (including phenoxy) is 1. The van der Waals surface area contributed by atoms with Crippen molar-refractivity contribution in [2.24, 2.45) is 0 Å². The fourth-order valence-electron chi connectivity index (χ4n) is 1.63. The zero-order valence-electron chi connectivity index (χ0n) is 9.17. The molecule has 2 rings (SSSR count). The Morgan fingerprint density at radius 3 is 2.47 bits per heavy atom. The molecule has 0 saturated carbocycles. The molecule has 0 spiro atoms. The van der Waals surface area contributed by atoms with Gasteiger partial charge in [0, 0.05) is 0 Å². The molecule has 0 bridgehead atoms. The molecule has 3 nitrogen and oxygen atoms in total. The molecule has 0 N–H and O–H groups in total. The van der Waals surface area contributed by atoms with E-state index in [1.165, 1.54) is 20.1 Å². The molecule has 1 aromatic carbocycles. The van der Waals surface area contributed by atoms with Crippen molar-refractivity contribution in [2.75, 3.05) is 7.11 Å². The fourth-order valence-corrected chi connectivity index (χ4v) is 1.63. The maximum absolute atomic E-state index is 12.5. The van der Waals surface area contributed by atoms with Crippen molar-refractivity contribution in [1.29, 1.82) is 0 Å². The Kier molecular flexibility index (Phi) is 2.65. The zero-order valence-corrected chi connectivity index (χ0v) is 9.17. The highest BCUT2D eigenvalue weighted by Gasteiger charge is 2.35. The standard InChI is InChI=1S/C11H9F3N2O/c1-6-9-7(4-3-5-8(9)17-2)16-10(15-6)11(12,13)14/h3-5H,1-2H3. The number of hydrogen-bond acceptors (Lipinski definition) is 3. The average molecular weight is 242 g/mol. The van der Waals surface area contributed by atoms with E-state index < -0.39 is 12.0 Å². The Balaban J connectivity index is 2.76. The van der Waals surface area contributed by atoms with Gasteiger partial charge < -0.3 is 4.74 Å². The molecule has 1 aromatic heterocycles. The molecule has 0 atom stereocenters. The Morgan fingerprint density at radius 2 is 1.88 bits per heavy atom. The van der Waals surface area contributed by atoms with Crippen LogP contribution in [-0.4, -0.2) is 17.1 Å². The van der Waals surface area contributed by atoms with Gasteiger partial charge in [-0.05, 0) is 19.1 Å². The van der Waals surface area contributed by atoms with Crippen molar-refractivity contribution in [3.8, 4) is 5.75 Å². The highest BCUT2D eigenvalue weighted by Crippen LogP contribution is 2.31. The maximum Gasteiger partial charge on any atom is 0.451 e. The van der Waals surface area contributed by atoms with Crippen LogP contribution in [0.4, 0.5) is 13.2 Å². The molecule has 0 aliphatic heterocycles. The summed E-state index contributed by atoms with van der Waals surface area (Å²) in [7, 11) is 1.45. The quantitative estimate of drug-likeness (QED) is 0.771. The first kappa shape index (κ1) is 11.6. The summed E-state index contributed by atoms with van der Waals surface area (Å²) in [5.41, 5.74) is 0.476. The lowest BCUT2D eigenvalue weighted by molar-refractivity contribution is -0.144. The number of alkyl halides is 3. The predicted octanol–water partition coefficient (Wildman–Crippen LogP) is 2.97. The highest BCUT2D eigenvalue weighted by atomic mass is 19.4. The lowest BCUT2D eigenvalue weighted by Gasteiger charge is -2.10. The smallest absolute Gasteiger partial charge is 0.451 e. The van der Waals surface area contributed by atoms with Crippen molar-refractivity contribution >= 4 is 10.9 Å². The number of benzene rings is 1. The van der Waals surface area contributed by atoms with Crippen molar-refractivity contribution in [1.82, 2.24) is 9.97 Å². The molecule has 2 aromatic rings. The van der Waals surface area contributed by atoms with Gasteiger partial charge in [-0.2, -0.15) is 13.2 Å². The Morgan fingerprint density at radius 1 is 1.18 bits per heavy atom. The van der Waals surface area contributed by atoms with Crippen LogP contribution < -0.4 is 4.74 Å². The summed E-state index contributed by atoms with van der Waals surface area (Å²) in [6.45, 7) is 1.50. The molecule has 0 unspecified atom stereocenters. The van der Waals surface area contributed by atoms with Crippen molar-refractivity contribution < 1.29 is 17.9 Å². The van der Waals surface area contributed by atoms with Gasteiger partial charge in [-0.3, -0.25) is 0 Å². The second-order valence-corrected chi connectivity index (χ2v) is 3.48. The SMILES string of the molecule is COc1cccc2nc(C(F)(F)F)nc(C)c12. The van der Waals surface area contributed by atoms with Gasteiger partial charge in [0.25, 0.3) is 0 Å². The zero-order chi connectivity index (χ0) is 12.6. The van der Waals surface area contributed by atoms with Crippen LogP contribution in [0.15, 0.2) is 18.2 Å². The summed E-state index contributed by atoms with van der Waals surface area (Å²) >= 11 is 0. The minimum absolute atomic E-state index is 0.226. The van der Waals surface area contributed by atoms with E-state index in [0.29, 0.717) is 11.1 Å². The number of halogens is 3. The molecule has 0 aliphatic rings. The van der Waals surface area contributed by atoms with Gasteiger partial charge in [0.05, 0.1) is 23.7 Å². The van der Waals surface area contributed by atoms with Crippen LogP contribution in [0.25, 0.3) is 10.9 Å². The third-order valence-electron chi connectivity index (χ3n) is 2.34. The number of rotatable bonds is 1. The Hall–Kier alpha value is -1.85. The van der Waals surface area contributed by atoms with Gasteiger partial charge in [0.1, 0.15) is 5.75 Å². The first-order chi connectivity index (χ1) is 7.93. The number of hydrogen-bond donors (Lipinski definition) is 0. The Bertz CT molecular complexity index is 566. The minimum Gasteiger partial charge on any atom is -0.496 e. The van der Waals surface area contributed by atoms with E-state index in [4.69, 9.17) is 4.74 Å². The molecular formula is C11H9F3N2O. The molecule has 0 saturated heterocycles. The highest BCUT2D eigenvalue weighted by molar-refractivity contribution is 5.87. The predicted molar refractivity (Wildman–Crippen MR) is 55.8 cm³/mol. The number of nitrogens with zero attached hydrogens (tertiary/aromatic N) is 2. The molecule has 1 heterocycles. The molecule has 0 aliphatic carbocycles. The van der Waals surface area contributed by atoms with Crippen LogP contribution in [0, 0.1) is 6.92 Å². The van der Waals surface area contributed by atoms with Crippen LogP contribution in [0.1, 0.15) is 11.5 Å². The van der Waals surface area contributed by atoms with E-state index in [0.717, 1.165) is 0 Å². The second-order valence-electron chi connectivity index (χ2n) is 3.48. The van der Waals surface area contributed by atoms with Crippen LogP contribution in [0.3, 0.4) is 0 Å². The van der Waals surface area contributed by atoms with Gasteiger partial charge in [-0.25, -0.2) is 9.97 Å². The van der Waals surface area contributed by atoms with Gasteiger partial charge >= 0.3 is 6.18 Å². The van der Waals surface area contributed by atoms with Gasteiger partial charge in [0.15, 0.2) is 0 Å². The molecule has 6 heteroatoms. The van der Waals surface area contributed by atoms with Crippen molar-refractivity contribution in [3.63, 3.8) is 0 Å². The van der Waals surface area contributed by atoms with E-state index in [1.807, 2.05) is 0 Å². The van der Waals surface area contributed by atoms with E-state index in [1.54, 1.807) is 12.1 Å². The third kappa shape index (κ3) is 2.02. The lowest BCUT2D eigenvalue weighted by Crippen LogP contribution is -2.12. The van der Waals surface area contributed by atoms with Crippen molar-refractivity contribution in [2.45, 2.75) is 13.1 Å². The van der Waals surface area contributed by atoms with Crippen molar-refractivity contribution in [3.05, 3.63) is 29.7 Å². The summed E-state index contributed by atoms with van der Waals surface area (Å²) in [5, 5.41) is 0.503. The lowest BCUT2D eigenvalue weighted by atomic mass is 10.1. The second kappa shape index (κ2) is 3.87. The number of methoxy groups -OCH3 is 1. The molecule has 0 fully saturated rings. The summed E-state index contributed by atoms with van der Waals surface area (Å²) < 4.78 is 42.6. The van der Waals surface area contributed by atoms with E-state index in [-0.39, 0.29) is 11.2 Å². The number of fused-ring (bicyclic) bond motifs is 1. The average Bonchev–Trinajstić information content (AvgIpc) is 2.26. The largest absolute Gasteiger partial charge is 0.496 e. The monoisotopic (exact) mass is 242 g/mol. The van der Waals surface area contributed by atoms with Crippen LogP contribution in [0.2, 0.25) is 0 Å². The molecular weight excluding hydrogens is 233 g/mol.